The van der Waals surface area contributed by atoms with Gasteiger partial charge in [-0.15, -0.1) is 0 Å². The highest BCUT2D eigenvalue weighted by Crippen LogP contribution is 2.32. The first kappa shape index (κ1) is 19.9. The number of pyridine rings is 1. The second-order valence-corrected chi connectivity index (χ2v) is 7.78. The standard InChI is InChI=1S/C24H25N5O/c1-4-30-14-21-28-22-23(29(21)13-15(2)3)19-10-9-18(11-20(19)27-24(22)26)17-7-5-16(12-25)6-8-17/h5-11,15H,4,13-14H2,1-3H3,(H2,26,27). The Bertz CT molecular complexity index is 1250. The Morgan fingerprint density at radius 1 is 1.10 bits per heavy atom. The summed E-state index contributed by atoms with van der Waals surface area (Å²) in [6, 6.07) is 15.9. The molecule has 152 valence electrons. The molecule has 4 rings (SSSR count). The zero-order valence-electron chi connectivity index (χ0n) is 17.5. The second kappa shape index (κ2) is 8.13. The quantitative estimate of drug-likeness (QED) is 0.498. The Labute approximate surface area is 175 Å². The van der Waals surface area contributed by atoms with Crippen LogP contribution < -0.4 is 5.73 Å². The van der Waals surface area contributed by atoms with Crippen LogP contribution in [0.5, 0.6) is 0 Å². The summed E-state index contributed by atoms with van der Waals surface area (Å²) >= 11 is 0. The molecule has 2 aromatic heterocycles. The molecule has 0 atom stereocenters. The maximum atomic E-state index is 9.02. The van der Waals surface area contributed by atoms with Crippen LogP contribution in [0.1, 0.15) is 32.2 Å². The van der Waals surface area contributed by atoms with E-state index in [-0.39, 0.29) is 0 Å². The summed E-state index contributed by atoms with van der Waals surface area (Å²) < 4.78 is 7.87. The third kappa shape index (κ3) is 3.60. The zero-order valence-corrected chi connectivity index (χ0v) is 17.5. The lowest BCUT2D eigenvalue weighted by molar-refractivity contribution is 0.125. The van der Waals surface area contributed by atoms with Gasteiger partial charge >= 0.3 is 0 Å². The van der Waals surface area contributed by atoms with Crippen molar-refractivity contribution < 1.29 is 4.74 Å². The van der Waals surface area contributed by atoms with Gasteiger partial charge in [0.25, 0.3) is 0 Å². The molecular weight excluding hydrogens is 374 g/mol. The van der Waals surface area contributed by atoms with E-state index in [0.29, 0.717) is 30.5 Å². The number of aromatic nitrogens is 3. The first-order chi connectivity index (χ1) is 14.5. The molecule has 4 aromatic rings. The molecule has 2 aromatic carbocycles. The van der Waals surface area contributed by atoms with Crippen molar-refractivity contribution in [2.24, 2.45) is 5.92 Å². The number of fused-ring (bicyclic) bond motifs is 3. The van der Waals surface area contributed by atoms with Crippen molar-refractivity contribution in [2.45, 2.75) is 33.9 Å². The van der Waals surface area contributed by atoms with Crippen LogP contribution in [-0.4, -0.2) is 21.1 Å². The number of ether oxygens (including phenoxy) is 1. The van der Waals surface area contributed by atoms with Gasteiger partial charge in [0.05, 0.1) is 22.7 Å². The largest absolute Gasteiger partial charge is 0.382 e. The Kier molecular flexibility index (Phi) is 5.39. The number of anilines is 1. The zero-order chi connectivity index (χ0) is 21.3. The summed E-state index contributed by atoms with van der Waals surface area (Å²) in [7, 11) is 0. The van der Waals surface area contributed by atoms with E-state index in [1.807, 2.05) is 37.3 Å². The predicted octanol–water partition coefficient (Wildman–Crippen LogP) is 4.90. The molecule has 0 spiro atoms. The fourth-order valence-corrected chi connectivity index (χ4v) is 3.74. The molecule has 0 fully saturated rings. The van der Waals surface area contributed by atoms with E-state index < -0.39 is 0 Å². The van der Waals surface area contributed by atoms with E-state index in [2.05, 4.69) is 41.6 Å². The van der Waals surface area contributed by atoms with E-state index in [1.54, 1.807) is 0 Å². The Morgan fingerprint density at radius 2 is 1.83 bits per heavy atom. The third-order valence-corrected chi connectivity index (χ3v) is 5.11. The molecule has 30 heavy (non-hydrogen) atoms. The maximum Gasteiger partial charge on any atom is 0.152 e. The minimum Gasteiger partial charge on any atom is -0.382 e. The topological polar surface area (TPSA) is 89.8 Å². The second-order valence-electron chi connectivity index (χ2n) is 7.78. The van der Waals surface area contributed by atoms with Crippen molar-refractivity contribution >= 4 is 27.8 Å². The van der Waals surface area contributed by atoms with E-state index in [1.165, 1.54) is 0 Å². The van der Waals surface area contributed by atoms with Crippen LogP contribution in [0.3, 0.4) is 0 Å². The van der Waals surface area contributed by atoms with Gasteiger partial charge in [0, 0.05) is 18.5 Å². The SMILES string of the molecule is CCOCc1nc2c(N)nc3cc(-c4ccc(C#N)cc4)ccc3c2n1CC(C)C. The monoisotopic (exact) mass is 399 g/mol. The highest BCUT2D eigenvalue weighted by Gasteiger charge is 2.18. The molecule has 0 amide bonds. The lowest BCUT2D eigenvalue weighted by atomic mass is 10.0. The first-order valence-electron chi connectivity index (χ1n) is 10.2. The van der Waals surface area contributed by atoms with Crippen LogP contribution in [0.15, 0.2) is 42.5 Å². The van der Waals surface area contributed by atoms with Crippen LogP contribution in [0.2, 0.25) is 0 Å². The number of nitrogens with zero attached hydrogens (tertiary/aromatic N) is 4. The summed E-state index contributed by atoms with van der Waals surface area (Å²) in [5.41, 5.74) is 11.6. The third-order valence-electron chi connectivity index (χ3n) is 5.11. The number of benzene rings is 2. The highest BCUT2D eigenvalue weighted by atomic mass is 16.5. The van der Waals surface area contributed by atoms with Gasteiger partial charge < -0.3 is 15.0 Å². The molecule has 0 aliphatic carbocycles. The van der Waals surface area contributed by atoms with E-state index in [4.69, 9.17) is 20.7 Å². The molecule has 0 aliphatic heterocycles. The minimum absolute atomic E-state index is 0.426. The number of hydrogen-bond donors (Lipinski definition) is 1. The van der Waals surface area contributed by atoms with Gasteiger partial charge in [-0.05, 0) is 42.2 Å². The highest BCUT2D eigenvalue weighted by molar-refractivity contribution is 6.07. The van der Waals surface area contributed by atoms with E-state index in [0.717, 1.165) is 45.4 Å². The van der Waals surface area contributed by atoms with Gasteiger partial charge in [-0.3, -0.25) is 0 Å². The Hall–Kier alpha value is -3.43. The number of nitriles is 1. The van der Waals surface area contributed by atoms with Gasteiger partial charge in [0.15, 0.2) is 5.82 Å². The van der Waals surface area contributed by atoms with Crippen molar-refractivity contribution in [2.75, 3.05) is 12.3 Å². The van der Waals surface area contributed by atoms with Crippen molar-refractivity contribution in [1.82, 2.24) is 14.5 Å². The average molecular weight is 399 g/mol. The van der Waals surface area contributed by atoms with Crippen molar-refractivity contribution in [3.05, 3.63) is 53.9 Å². The molecule has 0 radical (unpaired) electrons. The van der Waals surface area contributed by atoms with Crippen LogP contribution in [0, 0.1) is 17.2 Å². The van der Waals surface area contributed by atoms with E-state index >= 15 is 0 Å². The minimum atomic E-state index is 0.426. The molecular formula is C24H25N5O. The summed E-state index contributed by atoms with van der Waals surface area (Å²) in [5, 5.41) is 10.0. The van der Waals surface area contributed by atoms with E-state index in [9.17, 15) is 0 Å². The number of hydrogen-bond acceptors (Lipinski definition) is 5. The summed E-state index contributed by atoms with van der Waals surface area (Å²) in [6.07, 6.45) is 0. The lowest BCUT2D eigenvalue weighted by Gasteiger charge is -2.13. The molecule has 0 saturated carbocycles. The molecule has 2 N–H and O–H groups in total. The van der Waals surface area contributed by atoms with Crippen LogP contribution in [0.25, 0.3) is 33.1 Å². The maximum absolute atomic E-state index is 9.02. The molecule has 0 unspecified atom stereocenters. The lowest BCUT2D eigenvalue weighted by Crippen LogP contribution is -2.10. The predicted molar refractivity (Wildman–Crippen MR) is 120 cm³/mol. The Balaban J connectivity index is 1.91. The smallest absolute Gasteiger partial charge is 0.152 e. The van der Waals surface area contributed by atoms with Crippen molar-refractivity contribution in [3.8, 4) is 17.2 Å². The molecule has 6 heteroatoms. The van der Waals surface area contributed by atoms with Gasteiger partial charge in [-0.25, -0.2) is 9.97 Å². The van der Waals surface area contributed by atoms with Crippen LogP contribution in [-0.2, 0) is 17.9 Å². The normalized spacial score (nSPS) is 11.4. The van der Waals surface area contributed by atoms with Crippen LogP contribution >= 0.6 is 0 Å². The fraction of sp³-hybridized carbons (Fsp3) is 0.292. The number of imidazole rings is 1. The fourth-order valence-electron chi connectivity index (χ4n) is 3.74. The van der Waals surface area contributed by atoms with Gasteiger partial charge in [-0.2, -0.15) is 5.26 Å². The summed E-state index contributed by atoms with van der Waals surface area (Å²) in [4.78, 5) is 9.42. The van der Waals surface area contributed by atoms with Crippen molar-refractivity contribution in [3.63, 3.8) is 0 Å². The Morgan fingerprint density at radius 3 is 2.50 bits per heavy atom. The van der Waals surface area contributed by atoms with Gasteiger partial charge in [0.1, 0.15) is 17.9 Å². The average Bonchev–Trinajstić information content (AvgIpc) is 3.10. The summed E-state index contributed by atoms with van der Waals surface area (Å²) in [6.45, 7) is 8.26. The summed E-state index contributed by atoms with van der Waals surface area (Å²) in [5.74, 6) is 1.75. The van der Waals surface area contributed by atoms with Gasteiger partial charge in [0.2, 0.25) is 0 Å². The number of rotatable bonds is 6. The molecule has 6 nitrogen and oxygen atoms in total. The number of nitrogens with two attached hydrogens (primary N) is 1. The molecule has 0 saturated heterocycles. The first-order valence-corrected chi connectivity index (χ1v) is 10.2. The van der Waals surface area contributed by atoms with Gasteiger partial charge in [-0.1, -0.05) is 38.1 Å². The van der Waals surface area contributed by atoms with Crippen molar-refractivity contribution in [1.29, 1.82) is 5.26 Å². The molecule has 2 heterocycles. The number of nitrogen functional groups attached to an aromatic ring is 1. The molecule has 0 bridgehead atoms. The molecule has 0 aliphatic rings. The van der Waals surface area contributed by atoms with Crippen LogP contribution in [0.4, 0.5) is 5.82 Å².